The minimum absolute atomic E-state index is 0.167. The highest BCUT2D eigenvalue weighted by Crippen LogP contribution is 2.49. The summed E-state index contributed by atoms with van der Waals surface area (Å²) >= 11 is 0. The van der Waals surface area contributed by atoms with Gasteiger partial charge in [-0.15, -0.1) is 0 Å². The molecule has 0 aliphatic carbocycles. The third-order valence-corrected chi connectivity index (χ3v) is 6.74. The van der Waals surface area contributed by atoms with Crippen LogP contribution in [0.4, 0.5) is 0 Å². The van der Waals surface area contributed by atoms with Gasteiger partial charge in [0, 0.05) is 30.7 Å². The van der Waals surface area contributed by atoms with E-state index in [2.05, 4.69) is 92.9 Å². The predicted octanol–water partition coefficient (Wildman–Crippen LogP) is 5.62. The van der Waals surface area contributed by atoms with Crippen LogP contribution in [-0.2, 0) is 6.54 Å². The molecule has 0 spiro atoms. The lowest BCUT2D eigenvalue weighted by Crippen LogP contribution is -2.55. The van der Waals surface area contributed by atoms with E-state index in [9.17, 15) is 0 Å². The van der Waals surface area contributed by atoms with Crippen LogP contribution < -0.4 is 4.74 Å². The lowest BCUT2D eigenvalue weighted by Gasteiger charge is -2.48. The molecule has 3 unspecified atom stereocenters. The number of rotatable bonds is 5. The van der Waals surface area contributed by atoms with Crippen LogP contribution in [0.2, 0.25) is 0 Å². The van der Waals surface area contributed by atoms with E-state index in [1.165, 1.54) is 23.1 Å². The van der Waals surface area contributed by atoms with Gasteiger partial charge in [-0.05, 0) is 61.9 Å². The Balaban J connectivity index is 1.66. The molecular formula is C26H36N2O. The Kier molecular flexibility index (Phi) is 5.48. The highest BCUT2D eigenvalue weighted by molar-refractivity contribution is 5.36. The van der Waals surface area contributed by atoms with Gasteiger partial charge in [-0.3, -0.25) is 9.80 Å². The molecule has 4 rings (SSSR count). The van der Waals surface area contributed by atoms with E-state index in [0.29, 0.717) is 24.0 Å². The first kappa shape index (κ1) is 20.4. The lowest BCUT2D eigenvalue weighted by atomic mass is 9.87. The van der Waals surface area contributed by atoms with Crippen LogP contribution in [0.5, 0.6) is 5.75 Å². The first-order valence-electron chi connectivity index (χ1n) is 11.0. The van der Waals surface area contributed by atoms with Gasteiger partial charge in [-0.1, -0.05) is 50.2 Å². The van der Waals surface area contributed by atoms with E-state index < -0.39 is 0 Å². The summed E-state index contributed by atoms with van der Waals surface area (Å²) < 4.78 is 5.33. The van der Waals surface area contributed by atoms with Crippen molar-refractivity contribution in [2.24, 2.45) is 0 Å². The quantitative estimate of drug-likeness (QED) is 0.657. The molecule has 3 heteroatoms. The molecule has 156 valence electrons. The third-order valence-electron chi connectivity index (χ3n) is 6.74. The van der Waals surface area contributed by atoms with Crippen molar-refractivity contribution in [3.8, 4) is 5.75 Å². The second kappa shape index (κ2) is 7.77. The Morgan fingerprint density at radius 3 is 2.34 bits per heavy atom. The van der Waals surface area contributed by atoms with Gasteiger partial charge >= 0.3 is 0 Å². The highest BCUT2D eigenvalue weighted by Gasteiger charge is 2.54. The number of nitrogens with zero attached hydrogens (tertiary/aromatic N) is 2. The normalized spacial score (nSPS) is 25.1. The molecule has 2 bridgehead atoms. The fourth-order valence-electron chi connectivity index (χ4n) is 5.63. The Hall–Kier alpha value is -1.84. The Bertz CT molecular complexity index is 837. The number of hydrogen-bond donors (Lipinski definition) is 0. The van der Waals surface area contributed by atoms with E-state index in [1.54, 1.807) is 7.11 Å². The topological polar surface area (TPSA) is 15.7 Å². The van der Waals surface area contributed by atoms with Crippen molar-refractivity contribution in [1.29, 1.82) is 0 Å². The highest BCUT2D eigenvalue weighted by atomic mass is 16.5. The van der Waals surface area contributed by atoms with Crippen molar-refractivity contribution in [3.05, 3.63) is 65.2 Å². The van der Waals surface area contributed by atoms with Crippen LogP contribution in [0.3, 0.4) is 0 Å². The minimum atomic E-state index is 0.167. The molecule has 2 aromatic carbocycles. The molecular weight excluding hydrogens is 356 g/mol. The summed E-state index contributed by atoms with van der Waals surface area (Å²) in [6.07, 6.45) is 1.27. The number of methoxy groups -OCH3 is 1. The van der Waals surface area contributed by atoms with Crippen molar-refractivity contribution < 1.29 is 4.74 Å². The first-order chi connectivity index (χ1) is 13.8. The summed E-state index contributed by atoms with van der Waals surface area (Å²) in [6, 6.07) is 19.4. The third kappa shape index (κ3) is 3.83. The van der Waals surface area contributed by atoms with E-state index in [-0.39, 0.29) is 5.54 Å². The van der Waals surface area contributed by atoms with Crippen LogP contribution >= 0.6 is 0 Å². The summed E-state index contributed by atoms with van der Waals surface area (Å²) in [7, 11) is 1.73. The van der Waals surface area contributed by atoms with E-state index in [1.807, 2.05) is 0 Å². The standard InChI is InChI=1S/C26H36N2O/c1-18(2)22-9-7-8-10-23(22)25-24-15-20(28(25)26(3,4)5)17-27(24)16-19-11-13-21(29-6)14-12-19/h7-14,18,20,24-25H,15-17H2,1-6H3. The maximum Gasteiger partial charge on any atom is 0.118 e. The van der Waals surface area contributed by atoms with E-state index in [0.717, 1.165) is 18.8 Å². The number of likely N-dealkylation sites (tertiary alicyclic amines) is 2. The van der Waals surface area contributed by atoms with Gasteiger partial charge in [-0.2, -0.15) is 0 Å². The molecule has 3 nitrogen and oxygen atoms in total. The number of piperazine rings is 1. The largest absolute Gasteiger partial charge is 0.497 e. The average molecular weight is 393 g/mol. The molecule has 29 heavy (non-hydrogen) atoms. The fourth-order valence-corrected chi connectivity index (χ4v) is 5.63. The zero-order valence-electron chi connectivity index (χ0n) is 18.9. The maximum atomic E-state index is 5.33. The Labute approximate surface area is 176 Å². The molecule has 2 aliphatic rings. The van der Waals surface area contributed by atoms with Crippen molar-refractivity contribution in [1.82, 2.24) is 9.80 Å². The number of fused-ring (bicyclic) bond motifs is 2. The summed E-state index contributed by atoms with van der Waals surface area (Å²) in [5.41, 5.74) is 4.57. The van der Waals surface area contributed by atoms with Crippen molar-refractivity contribution in [3.63, 3.8) is 0 Å². The van der Waals surface area contributed by atoms with Crippen LogP contribution in [0.1, 0.15) is 69.7 Å². The minimum Gasteiger partial charge on any atom is -0.497 e. The molecule has 0 amide bonds. The van der Waals surface area contributed by atoms with Crippen LogP contribution in [-0.4, -0.2) is 41.1 Å². The van der Waals surface area contributed by atoms with Gasteiger partial charge < -0.3 is 4.74 Å². The summed E-state index contributed by atoms with van der Waals surface area (Å²) in [5, 5.41) is 0. The fraction of sp³-hybridized carbons (Fsp3) is 0.538. The smallest absolute Gasteiger partial charge is 0.118 e. The molecule has 0 radical (unpaired) electrons. The van der Waals surface area contributed by atoms with Gasteiger partial charge in [0.2, 0.25) is 0 Å². The number of benzene rings is 2. The molecule has 2 fully saturated rings. The van der Waals surface area contributed by atoms with Gasteiger partial charge in [-0.25, -0.2) is 0 Å². The number of hydrogen-bond acceptors (Lipinski definition) is 3. The van der Waals surface area contributed by atoms with Gasteiger partial charge in [0.25, 0.3) is 0 Å². The van der Waals surface area contributed by atoms with Crippen molar-refractivity contribution in [2.75, 3.05) is 13.7 Å². The zero-order valence-corrected chi connectivity index (χ0v) is 18.9. The van der Waals surface area contributed by atoms with Gasteiger partial charge in [0.1, 0.15) is 5.75 Å². The molecule has 2 heterocycles. The summed E-state index contributed by atoms with van der Waals surface area (Å²) in [5.74, 6) is 1.47. The monoisotopic (exact) mass is 392 g/mol. The second-order valence-electron chi connectivity index (χ2n) is 10.0. The SMILES string of the molecule is COc1ccc(CN2CC3CC2C(c2ccccc2C(C)C)N3C(C)(C)C)cc1. The molecule has 0 aromatic heterocycles. The van der Waals surface area contributed by atoms with Crippen molar-refractivity contribution in [2.45, 2.75) is 77.2 Å². The second-order valence-corrected chi connectivity index (χ2v) is 10.0. The Morgan fingerprint density at radius 2 is 1.72 bits per heavy atom. The van der Waals surface area contributed by atoms with E-state index >= 15 is 0 Å². The predicted molar refractivity (Wildman–Crippen MR) is 120 cm³/mol. The van der Waals surface area contributed by atoms with Crippen LogP contribution in [0.25, 0.3) is 0 Å². The van der Waals surface area contributed by atoms with Crippen LogP contribution in [0, 0.1) is 0 Å². The van der Waals surface area contributed by atoms with Crippen molar-refractivity contribution >= 4 is 0 Å². The first-order valence-corrected chi connectivity index (χ1v) is 11.0. The lowest BCUT2D eigenvalue weighted by molar-refractivity contribution is 0.00194. The summed E-state index contributed by atoms with van der Waals surface area (Å²) in [6.45, 7) is 14.0. The Morgan fingerprint density at radius 1 is 1.03 bits per heavy atom. The average Bonchev–Trinajstić information content (AvgIpc) is 3.26. The summed E-state index contributed by atoms with van der Waals surface area (Å²) in [4.78, 5) is 5.53. The van der Waals surface area contributed by atoms with Crippen LogP contribution in [0.15, 0.2) is 48.5 Å². The van der Waals surface area contributed by atoms with E-state index in [4.69, 9.17) is 4.74 Å². The molecule has 2 aromatic rings. The maximum absolute atomic E-state index is 5.33. The van der Waals surface area contributed by atoms with Gasteiger partial charge in [0.05, 0.1) is 13.2 Å². The molecule has 0 saturated carbocycles. The molecule has 0 N–H and O–H groups in total. The molecule has 2 saturated heterocycles. The molecule has 2 aliphatic heterocycles. The van der Waals surface area contributed by atoms with Gasteiger partial charge in [0.15, 0.2) is 0 Å². The zero-order chi connectivity index (χ0) is 20.8. The molecule has 3 atom stereocenters. The number of ether oxygens (including phenoxy) is 1.